The molecule has 0 spiro atoms. The van der Waals surface area contributed by atoms with Gasteiger partial charge in [-0.05, 0) is 17.3 Å². The average molecular weight is 377 g/mol. The number of rotatable bonds is 5. The van der Waals surface area contributed by atoms with Gasteiger partial charge in [-0.15, -0.1) is 5.10 Å². The van der Waals surface area contributed by atoms with E-state index in [-0.39, 0.29) is 48.5 Å². The van der Waals surface area contributed by atoms with Gasteiger partial charge in [-0.2, -0.15) is 5.21 Å². The summed E-state index contributed by atoms with van der Waals surface area (Å²) in [7, 11) is 1.50. The molecule has 0 aliphatic rings. The van der Waals surface area contributed by atoms with Crippen LogP contribution in [0.25, 0.3) is 11.3 Å². The van der Waals surface area contributed by atoms with Gasteiger partial charge >= 0.3 is 29.6 Å². The number of benzene rings is 1. The van der Waals surface area contributed by atoms with E-state index in [2.05, 4.69) is 36.2 Å². The van der Waals surface area contributed by atoms with Gasteiger partial charge in [-0.3, -0.25) is 14.9 Å². The van der Waals surface area contributed by atoms with Gasteiger partial charge in [-0.1, -0.05) is 17.2 Å². The van der Waals surface area contributed by atoms with E-state index in [4.69, 9.17) is 4.74 Å². The quantitative estimate of drug-likeness (QED) is 0.465. The number of tetrazole rings is 1. The second-order valence-electron chi connectivity index (χ2n) is 5.23. The first kappa shape index (κ1) is 20.5. The number of hydrogen-bond donors (Lipinski definition) is 3. The first-order valence-corrected chi connectivity index (χ1v) is 7.54. The minimum Gasteiger partial charge on any atom is -1.00 e. The van der Waals surface area contributed by atoms with Crippen LogP contribution < -0.4 is 44.9 Å². The van der Waals surface area contributed by atoms with Crippen molar-refractivity contribution in [2.24, 2.45) is 0 Å². The molecule has 1 aromatic carbocycles. The number of anilines is 2. The molecule has 0 radical (unpaired) electrons. The third kappa shape index (κ3) is 5.33. The fraction of sp³-hybridized carbons (Fsp3) is 0.125. The summed E-state index contributed by atoms with van der Waals surface area (Å²) in [6.45, 7) is 1.44. The fourth-order valence-electron chi connectivity index (χ4n) is 2.20. The van der Waals surface area contributed by atoms with Gasteiger partial charge in [0.05, 0.1) is 12.8 Å². The van der Waals surface area contributed by atoms with Crippen molar-refractivity contribution in [2.45, 2.75) is 6.92 Å². The first-order chi connectivity index (χ1) is 12.5. The number of carbonyl (C=O) groups is 2. The number of hydrogen-bond acceptors (Lipinski definition) is 7. The summed E-state index contributed by atoms with van der Waals surface area (Å²) < 4.78 is 5.25. The third-order valence-electron chi connectivity index (χ3n) is 3.34. The summed E-state index contributed by atoms with van der Waals surface area (Å²) in [6, 6.07) is 10.3. The Bertz CT molecular complexity index is 936. The van der Waals surface area contributed by atoms with E-state index >= 15 is 0 Å². The van der Waals surface area contributed by atoms with Crippen LogP contribution in [0.2, 0.25) is 0 Å². The SMILES string of the molecule is COc1cc(C(=O)Nc2nn[nH]n2)nc(-c2ccc(NC(C)=O)cc2)c1.[H-].[Na+]. The summed E-state index contributed by atoms with van der Waals surface area (Å²) in [5.41, 5.74) is 2.10. The molecule has 3 aromatic rings. The normalized spacial score (nSPS) is 9.85. The number of carbonyl (C=O) groups excluding carboxylic acids is 2. The molecule has 27 heavy (non-hydrogen) atoms. The number of amides is 2. The van der Waals surface area contributed by atoms with Crippen LogP contribution in [0.5, 0.6) is 5.75 Å². The molecule has 10 nitrogen and oxygen atoms in total. The van der Waals surface area contributed by atoms with E-state index in [1.165, 1.54) is 20.1 Å². The van der Waals surface area contributed by atoms with Crippen LogP contribution in [-0.2, 0) is 4.79 Å². The second-order valence-corrected chi connectivity index (χ2v) is 5.23. The smallest absolute Gasteiger partial charge is 1.00 e. The summed E-state index contributed by atoms with van der Waals surface area (Å²) in [5, 5.41) is 18.1. The first-order valence-electron chi connectivity index (χ1n) is 7.54. The Morgan fingerprint density at radius 1 is 1.15 bits per heavy atom. The van der Waals surface area contributed by atoms with Crippen LogP contribution in [0.1, 0.15) is 18.8 Å². The standard InChI is InChI=1S/C16H15N7O3.Na.H/c1-9(24)17-11-5-3-10(4-6-11)13-7-12(26-2)8-14(18-13)15(25)19-16-20-22-23-21-16;;/h3-8H,1-2H3,(H,17,24)(H2,19,20,21,22,23,25);;/q;+1;-1. The zero-order valence-corrected chi connectivity index (χ0v) is 17.0. The van der Waals surface area contributed by atoms with Crippen molar-refractivity contribution in [1.29, 1.82) is 0 Å². The van der Waals surface area contributed by atoms with Crippen molar-refractivity contribution >= 4 is 23.5 Å². The zero-order chi connectivity index (χ0) is 18.5. The predicted molar refractivity (Wildman–Crippen MR) is 93.8 cm³/mol. The molecule has 2 heterocycles. The molecule has 0 aliphatic carbocycles. The Labute approximate surface area is 177 Å². The Balaban J connectivity index is 0.00000196. The van der Waals surface area contributed by atoms with Crippen molar-refractivity contribution in [1.82, 2.24) is 25.6 Å². The predicted octanol–water partition coefficient (Wildman–Crippen LogP) is -1.40. The number of ether oxygens (including phenoxy) is 1. The Morgan fingerprint density at radius 3 is 2.48 bits per heavy atom. The molecule has 3 rings (SSSR count). The molecule has 3 N–H and O–H groups in total. The molecule has 2 aromatic heterocycles. The Kier molecular flexibility index (Phi) is 6.99. The van der Waals surface area contributed by atoms with E-state index < -0.39 is 5.91 Å². The van der Waals surface area contributed by atoms with Crippen LogP contribution in [0.4, 0.5) is 11.6 Å². The molecule has 134 valence electrons. The number of nitrogens with one attached hydrogen (secondary N) is 3. The van der Waals surface area contributed by atoms with E-state index in [0.29, 0.717) is 17.1 Å². The minimum atomic E-state index is -0.499. The number of aromatic nitrogens is 5. The van der Waals surface area contributed by atoms with Crippen LogP contribution in [0.3, 0.4) is 0 Å². The summed E-state index contributed by atoms with van der Waals surface area (Å²) in [6.07, 6.45) is 0. The molecular weight excluding hydrogens is 361 g/mol. The number of pyridine rings is 1. The van der Waals surface area contributed by atoms with E-state index in [9.17, 15) is 9.59 Å². The summed E-state index contributed by atoms with van der Waals surface area (Å²) in [4.78, 5) is 27.8. The summed E-state index contributed by atoms with van der Waals surface area (Å²) >= 11 is 0. The van der Waals surface area contributed by atoms with Gasteiger partial charge in [-0.25, -0.2) is 4.98 Å². The summed E-state index contributed by atoms with van der Waals surface area (Å²) in [5.74, 6) is -0.140. The topological polar surface area (TPSA) is 135 Å². The van der Waals surface area contributed by atoms with Gasteiger partial charge < -0.3 is 11.5 Å². The number of nitrogens with zero attached hydrogens (tertiary/aromatic N) is 4. The van der Waals surface area contributed by atoms with Crippen molar-refractivity contribution in [3.8, 4) is 17.0 Å². The number of aromatic amines is 1. The molecule has 0 saturated heterocycles. The number of H-pyrrole nitrogens is 1. The minimum absolute atomic E-state index is 0. The van der Waals surface area contributed by atoms with Crippen LogP contribution >= 0.6 is 0 Å². The average Bonchev–Trinajstić information content (AvgIpc) is 3.14. The Hall–Kier alpha value is -2.82. The van der Waals surface area contributed by atoms with E-state index in [1.54, 1.807) is 30.3 Å². The van der Waals surface area contributed by atoms with Gasteiger partial charge in [0, 0.05) is 30.3 Å². The molecule has 0 bridgehead atoms. The van der Waals surface area contributed by atoms with Crippen molar-refractivity contribution in [3.05, 3.63) is 42.1 Å². The molecule has 0 saturated carbocycles. The molecule has 0 fully saturated rings. The molecule has 0 aliphatic heterocycles. The molecular formula is C16H16N7NaO3. The maximum Gasteiger partial charge on any atom is 1.00 e. The zero-order valence-electron chi connectivity index (χ0n) is 16.0. The van der Waals surface area contributed by atoms with Crippen LogP contribution in [0, 0.1) is 0 Å². The molecule has 0 unspecified atom stereocenters. The third-order valence-corrected chi connectivity index (χ3v) is 3.34. The fourth-order valence-corrected chi connectivity index (χ4v) is 2.20. The second kappa shape index (κ2) is 9.21. The molecule has 11 heteroatoms. The van der Waals surface area contributed by atoms with Crippen LogP contribution in [-0.4, -0.2) is 44.5 Å². The van der Waals surface area contributed by atoms with E-state index in [1.807, 2.05) is 0 Å². The maximum absolute atomic E-state index is 12.3. The van der Waals surface area contributed by atoms with Gasteiger partial charge in [0.25, 0.3) is 11.9 Å². The Morgan fingerprint density at radius 2 is 1.89 bits per heavy atom. The largest absolute Gasteiger partial charge is 1.00 e. The van der Waals surface area contributed by atoms with E-state index in [0.717, 1.165) is 5.56 Å². The number of methoxy groups -OCH3 is 1. The maximum atomic E-state index is 12.3. The van der Waals surface area contributed by atoms with Crippen molar-refractivity contribution < 1.29 is 45.3 Å². The van der Waals surface area contributed by atoms with Crippen LogP contribution in [0.15, 0.2) is 36.4 Å². The van der Waals surface area contributed by atoms with Crippen molar-refractivity contribution in [2.75, 3.05) is 17.7 Å². The van der Waals surface area contributed by atoms with Crippen molar-refractivity contribution in [3.63, 3.8) is 0 Å². The van der Waals surface area contributed by atoms with Gasteiger partial charge in [0.1, 0.15) is 11.4 Å². The van der Waals surface area contributed by atoms with Gasteiger partial charge in [0.15, 0.2) is 0 Å². The molecule has 0 atom stereocenters. The van der Waals surface area contributed by atoms with Gasteiger partial charge in [0.2, 0.25) is 5.91 Å². The monoisotopic (exact) mass is 377 g/mol. The molecule has 2 amide bonds.